The molecule has 1 fully saturated rings. The number of hydrogen-bond donors (Lipinski definition) is 0. The summed E-state index contributed by atoms with van der Waals surface area (Å²) >= 11 is 1.76. The maximum absolute atomic E-state index is 5.82. The van der Waals surface area contributed by atoms with Crippen LogP contribution in [0.15, 0.2) is 22.9 Å². The summed E-state index contributed by atoms with van der Waals surface area (Å²) in [6.45, 7) is 7.08. The lowest BCUT2D eigenvalue weighted by molar-refractivity contribution is 0.0711. The highest BCUT2D eigenvalue weighted by molar-refractivity contribution is 7.07. The highest BCUT2D eigenvalue weighted by Crippen LogP contribution is 2.19. The number of ether oxygens (including phenoxy) is 1. The average Bonchev–Trinajstić information content (AvgIpc) is 3.30. The number of rotatable bonds is 6. The molecule has 0 aromatic carbocycles. The molecule has 136 valence electrons. The maximum atomic E-state index is 5.82. The van der Waals surface area contributed by atoms with Crippen molar-refractivity contribution in [3.63, 3.8) is 0 Å². The first-order valence-corrected chi connectivity index (χ1v) is 10.3. The van der Waals surface area contributed by atoms with Gasteiger partial charge in [0.25, 0.3) is 0 Å². The topological polar surface area (TPSA) is 33.5 Å². The van der Waals surface area contributed by atoms with Crippen LogP contribution in [-0.4, -0.2) is 52.4 Å². The molecule has 2 aromatic rings. The van der Waals surface area contributed by atoms with Gasteiger partial charge in [0.2, 0.25) is 0 Å². The first-order valence-electron chi connectivity index (χ1n) is 9.35. The van der Waals surface area contributed by atoms with E-state index in [1.54, 1.807) is 11.3 Å². The summed E-state index contributed by atoms with van der Waals surface area (Å²) < 4.78 is 8.05. The Bertz CT molecular complexity index is 663. The zero-order valence-electron chi connectivity index (χ0n) is 15.1. The molecule has 0 spiro atoms. The van der Waals surface area contributed by atoms with Gasteiger partial charge in [0, 0.05) is 45.9 Å². The molecule has 6 heteroatoms. The van der Waals surface area contributed by atoms with E-state index in [0.29, 0.717) is 6.10 Å². The van der Waals surface area contributed by atoms with Gasteiger partial charge in [-0.2, -0.15) is 16.4 Å². The second-order valence-corrected chi connectivity index (χ2v) is 8.16. The van der Waals surface area contributed by atoms with Gasteiger partial charge in [-0.05, 0) is 54.8 Å². The molecular weight excluding hydrogens is 332 g/mol. The van der Waals surface area contributed by atoms with E-state index in [0.717, 1.165) is 45.9 Å². The molecule has 1 saturated heterocycles. The Morgan fingerprint density at radius 2 is 2.28 bits per heavy atom. The Labute approximate surface area is 154 Å². The van der Waals surface area contributed by atoms with E-state index in [9.17, 15) is 0 Å². The second-order valence-electron chi connectivity index (χ2n) is 7.38. The van der Waals surface area contributed by atoms with Gasteiger partial charge in [-0.1, -0.05) is 0 Å². The summed E-state index contributed by atoms with van der Waals surface area (Å²) in [5.74, 6) is 0. The minimum atomic E-state index is 0.436. The molecule has 5 nitrogen and oxygen atoms in total. The van der Waals surface area contributed by atoms with Crippen molar-refractivity contribution in [1.82, 2.24) is 19.6 Å². The molecule has 0 unspecified atom stereocenters. The van der Waals surface area contributed by atoms with Crippen molar-refractivity contribution in [2.75, 3.05) is 26.7 Å². The van der Waals surface area contributed by atoms with Crippen LogP contribution in [0.4, 0.5) is 0 Å². The molecule has 0 saturated carbocycles. The van der Waals surface area contributed by atoms with Gasteiger partial charge < -0.3 is 4.74 Å². The van der Waals surface area contributed by atoms with E-state index in [1.165, 1.54) is 36.2 Å². The third kappa shape index (κ3) is 4.50. The van der Waals surface area contributed by atoms with Crippen LogP contribution in [0.3, 0.4) is 0 Å². The van der Waals surface area contributed by atoms with Gasteiger partial charge in [-0.25, -0.2) is 0 Å². The van der Waals surface area contributed by atoms with Crippen molar-refractivity contribution in [1.29, 1.82) is 0 Å². The van der Waals surface area contributed by atoms with Gasteiger partial charge in [-0.3, -0.25) is 14.5 Å². The van der Waals surface area contributed by atoms with Gasteiger partial charge in [-0.15, -0.1) is 0 Å². The van der Waals surface area contributed by atoms with Crippen LogP contribution in [0.1, 0.15) is 36.2 Å². The van der Waals surface area contributed by atoms with Crippen LogP contribution in [0.2, 0.25) is 0 Å². The van der Waals surface area contributed by atoms with Gasteiger partial charge in [0.1, 0.15) is 0 Å². The highest BCUT2D eigenvalue weighted by Gasteiger charge is 2.22. The second kappa shape index (κ2) is 7.99. The fourth-order valence-corrected chi connectivity index (χ4v) is 4.58. The number of fused-ring (bicyclic) bond motifs is 1. The predicted molar refractivity (Wildman–Crippen MR) is 101 cm³/mol. The molecule has 2 aliphatic heterocycles. The van der Waals surface area contributed by atoms with E-state index < -0.39 is 0 Å². The number of aromatic nitrogens is 2. The molecule has 0 aliphatic carbocycles. The first-order chi connectivity index (χ1) is 12.3. The van der Waals surface area contributed by atoms with Crippen LogP contribution in [0.5, 0.6) is 0 Å². The van der Waals surface area contributed by atoms with Crippen LogP contribution in [0.25, 0.3) is 0 Å². The van der Waals surface area contributed by atoms with Crippen molar-refractivity contribution in [2.24, 2.45) is 0 Å². The molecule has 0 bridgehead atoms. The van der Waals surface area contributed by atoms with Gasteiger partial charge in [0.15, 0.2) is 0 Å². The molecule has 1 atom stereocenters. The van der Waals surface area contributed by atoms with Crippen molar-refractivity contribution in [3.05, 3.63) is 39.8 Å². The lowest BCUT2D eigenvalue weighted by Gasteiger charge is -2.22. The summed E-state index contributed by atoms with van der Waals surface area (Å²) in [4.78, 5) is 4.89. The molecule has 25 heavy (non-hydrogen) atoms. The third-order valence-corrected chi connectivity index (χ3v) is 5.83. The highest BCUT2D eigenvalue weighted by atomic mass is 32.1. The number of aryl methyl sites for hydroxylation is 1. The fourth-order valence-electron chi connectivity index (χ4n) is 3.92. The van der Waals surface area contributed by atoms with E-state index >= 15 is 0 Å². The third-order valence-electron chi connectivity index (χ3n) is 5.09. The van der Waals surface area contributed by atoms with Gasteiger partial charge >= 0.3 is 0 Å². The van der Waals surface area contributed by atoms with E-state index in [1.807, 2.05) is 0 Å². The van der Waals surface area contributed by atoms with Crippen LogP contribution < -0.4 is 0 Å². The first kappa shape index (κ1) is 17.2. The van der Waals surface area contributed by atoms with Crippen LogP contribution >= 0.6 is 11.3 Å². The molecule has 0 radical (unpaired) electrons. The summed E-state index contributed by atoms with van der Waals surface area (Å²) in [6.07, 6.45) is 4.04. The Hall–Kier alpha value is -1.21. The average molecular weight is 361 g/mol. The van der Waals surface area contributed by atoms with Gasteiger partial charge in [0.05, 0.1) is 17.5 Å². The smallest absolute Gasteiger partial charge is 0.0768 e. The number of nitrogens with zero attached hydrogens (tertiary/aromatic N) is 4. The minimum Gasteiger partial charge on any atom is -0.377 e. The molecule has 2 aromatic heterocycles. The quantitative estimate of drug-likeness (QED) is 0.793. The summed E-state index contributed by atoms with van der Waals surface area (Å²) in [5.41, 5.74) is 3.93. The monoisotopic (exact) mass is 360 g/mol. The van der Waals surface area contributed by atoms with Crippen molar-refractivity contribution < 1.29 is 4.74 Å². The SMILES string of the molecule is CN(Cc1ccsc1)Cc1cc2n(n1)CCCN(C[C@@H]1CCCO1)C2. The predicted octanol–water partition coefficient (Wildman–Crippen LogP) is 2.96. The Kier molecular flexibility index (Phi) is 5.51. The minimum absolute atomic E-state index is 0.436. The standard InChI is InChI=1S/C19H28N4OS/c1-21(11-16-5-9-25-15-16)12-17-10-18-13-22(6-3-7-23(18)20-17)14-19-4-2-8-24-19/h5,9-10,15,19H,2-4,6-8,11-14H2,1H3/t19-/m0/s1. The summed E-state index contributed by atoms with van der Waals surface area (Å²) in [7, 11) is 2.17. The number of hydrogen-bond acceptors (Lipinski definition) is 5. The summed E-state index contributed by atoms with van der Waals surface area (Å²) in [6, 6.07) is 4.50. The zero-order valence-corrected chi connectivity index (χ0v) is 15.9. The molecular formula is C19H28N4OS. The van der Waals surface area contributed by atoms with E-state index in [2.05, 4.69) is 44.4 Å². The lowest BCUT2D eigenvalue weighted by Crippen LogP contribution is -2.31. The Morgan fingerprint density at radius 3 is 3.08 bits per heavy atom. The van der Waals surface area contributed by atoms with E-state index in [-0.39, 0.29) is 0 Å². The molecule has 2 aliphatic rings. The normalized spacial score (nSPS) is 21.6. The molecule has 4 heterocycles. The van der Waals surface area contributed by atoms with Crippen molar-refractivity contribution in [2.45, 2.75) is 51.5 Å². The molecule has 0 N–H and O–H groups in total. The lowest BCUT2D eigenvalue weighted by atomic mass is 10.2. The number of thiophene rings is 1. The fraction of sp³-hybridized carbons (Fsp3) is 0.632. The van der Waals surface area contributed by atoms with Crippen molar-refractivity contribution >= 4 is 11.3 Å². The van der Waals surface area contributed by atoms with E-state index in [4.69, 9.17) is 9.84 Å². The largest absolute Gasteiger partial charge is 0.377 e. The van der Waals surface area contributed by atoms with Crippen LogP contribution in [0, 0.1) is 0 Å². The van der Waals surface area contributed by atoms with Crippen molar-refractivity contribution in [3.8, 4) is 0 Å². The maximum Gasteiger partial charge on any atom is 0.0768 e. The Morgan fingerprint density at radius 1 is 1.32 bits per heavy atom. The zero-order chi connectivity index (χ0) is 17.1. The Balaban J connectivity index is 1.36. The summed E-state index contributed by atoms with van der Waals surface area (Å²) in [5, 5.41) is 9.23. The molecule has 0 amide bonds. The molecule has 4 rings (SSSR count). The van der Waals surface area contributed by atoms with Crippen LogP contribution in [-0.2, 0) is 30.9 Å².